The van der Waals surface area contributed by atoms with Gasteiger partial charge in [-0.2, -0.15) is 18.9 Å². The van der Waals surface area contributed by atoms with E-state index in [2.05, 4.69) is 9.84 Å². The van der Waals surface area contributed by atoms with E-state index in [0.29, 0.717) is 9.88 Å². The van der Waals surface area contributed by atoms with Gasteiger partial charge in [-0.25, -0.2) is 0 Å². The molecule has 2 rings (SSSR count). The molecular weight excluding hydrogens is 294 g/mol. The molecule has 19 heavy (non-hydrogen) atoms. The number of carbonyl (C=O) groups is 1. The van der Waals surface area contributed by atoms with Crippen molar-refractivity contribution in [1.82, 2.24) is 5.01 Å². The Morgan fingerprint density at radius 2 is 2.11 bits per heavy atom. The van der Waals surface area contributed by atoms with Crippen LogP contribution in [0.25, 0.3) is 0 Å². The van der Waals surface area contributed by atoms with Crippen LogP contribution in [0.15, 0.2) is 29.4 Å². The van der Waals surface area contributed by atoms with Crippen molar-refractivity contribution in [1.29, 1.82) is 0 Å². The number of hydrogen-bond acceptors (Lipinski definition) is 5. The number of hydrazone groups is 1. The van der Waals surface area contributed by atoms with Crippen molar-refractivity contribution in [2.75, 3.05) is 5.75 Å². The number of rotatable bonds is 4. The first-order valence-electron chi connectivity index (χ1n) is 5.15. The zero-order valence-electron chi connectivity index (χ0n) is 9.45. The maximum absolute atomic E-state index is 12.0. The van der Waals surface area contributed by atoms with E-state index in [-0.39, 0.29) is 17.4 Å². The first kappa shape index (κ1) is 13.9. The molecule has 0 saturated carbocycles. The van der Waals surface area contributed by atoms with Crippen LogP contribution >= 0.6 is 24.0 Å². The van der Waals surface area contributed by atoms with Gasteiger partial charge in [0, 0.05) is 0 Å². The minimum absolute atomic E-state index is 0.0653. The lowest BCUT2D eigenvalue weighted by Gasteiger charge is -2.07. The SMILES string of the molecule is O=C1CSC(=S)N1/N=C\c1ccc(OC(F)F)cc1. The van der Waals surface area contributed by atoms with Gasteiger partial charge in [-0.05, 0) is 29.8 Å². The average Bonchev–Trinajstić information content (AvgIpc) is 2.68. The minimum Gasteiger partial charge on any atom is -0.435 e. The van der Waals surface area contributed by atoms with Crippen LogP contribution in [0.3, 0.4) is 0 Å². The molecule has 1 aliphatic heterocycles. The average molecular weight is 302 g/mol. The van der Waals surface area contributed by atoms with Crippen LogP contribution in [0, 0.1) is 0 Å². The number of thioether (sulfide) groups is 1. The second kappa shape index (κ2) is 6.07. The van der Waals surface area contributed by atoms with E-state index in [1.165, 1.54) is 30.1 Å². The van der Waals surface area contributed by atoms with Crippen LogP contribution in [-0.4, -0.2) is 33.8 Å². The Morgan fingerprint density at radius 3 is 2.63 bits per heavy atom. The second-order valence-electron chi connectivity index (χ2n) is 3.45. The summed E-state index contributed by atoms with van der Waals surface area (Å²) in [4.78, 5) is 11.4. The molecule has 0 aliphatic carbocycles. The highest BCUT2D eigenvalue weighted by Gasteiger charge is 2.25. The van der Waals surface area contributed by atoms with Crippen LogP contribution in [0.4, 0.5) is 8.78 Å². The normalized spacial score (nSPS) is 15.8. The zero-order valence-corrected chi connectivity index (χ0v) is 11.1. The number of nitrogens with zero attached hydrogens (tertiary/aromatic N) is 2. The first-order chi connectivity index (χ1) is 9.06. The van der Waals surface area contributed by atoms with Gasteiger partial charge in [-0.15, -0.1) is 0 Å². The third-order valence-corrected chi connectivity index (χ3v) is 3.49. The molecule has 0 atom stereocenters. The molecule has 0 N–H and O–H groups in total. The summed E-state index contributed by atoms with van der Waals surface area (Å²) >= 11 is 6.20. The molecule has 1 heterocycles. The fourth-order valence-corrected chi connectivity index (χ4v) is 2.29. The van der Waals surface area contributed by atoms with Gasteiger partial charge in [0.25, 0.3) is 5.91 Å². The fourth-order valence-electron chi connectivity index (χ4n) is 1.32. The molecule has 1 aromatic rings. The summed E-state index contributed by atoms with van der Waals surface area (Å²) in [5, 5.41) is 5.10. The van der Waals surface area contributed by atoms with Gasteiger partial charge in [0.05, 0.1) is 12.0 Å². The van der Waals surface area contributed by atoms with Gasteiger partial charge in [-0.3, -0.25) is 4.79 Å². The lowest BCUT2D eigenvalue weighted by atomic mass is 10.2. The summed E-state index contributed by atoms with van der Waals surface area (Å²) in [5.74, 6) is 0.177. The molecule has 0 aromatic heterocycles. The molecule has 0 unspecified atom stereocenters. The smallest absolute Gasteiger partial charge is 0.387 e. The molecule has 1 saturated heterocycles. The highest BCUT2D eigenvalue weighted by Crippen LogP contribution is 2.19. The van der Waals surface area contributed by atoms with E-state index in [9.17, 15) is 13.6 Å². The van der Waals surface area contributed by atoms with Crippen LogP contribution in [0.5, 0.6) is 5.75 Å². The molecule has 100 valence electrons. The molecule has 4 nitrogen and oxygen atoms in total. The third-order valence-electron chi connectivity index (χ3n) is 2.16. The molecule has 1 amide bonds. The first-order valence-corrected chi connectivity index (χ1v) is 6.54. The van der Waals surface area contributed by atoms with Crippen molar-refractivity contribution >= 4 is 40.4 Å². The molecule has 0 radical (unpaired) electrons. The molecular formula is C11H8F2N2O2S2. The number of benzene rings is 1. The Labute approximate surface area is 117 Å². The summed E-state index contributed by atoms with van der Waals surface area (Å²) in [7, 11) is 0. The van der Waals surface area contributed by atoms with Crippen molar-refractivity contribution in [3.8, 4) is 5.75 Å². The van der Waals surface area contributed by atoms with E-state index in [0.717, 1.165) is 5.01 Å². The number of hydrogen-bond donors (Lipinski definition) is 0. The summed E-state index contributed by atoms with van der Waals surface area (Å²) in [6.45, 7) is -2.85. The third kappa shape index (κ3) is 3.71. The lowest BCUT2D eigenvalue weighted by Crippen LogP contribution is -2.22. The van der Waals surface area contributed by atoms with E-state index in [1.807, 2.05) is 0 Å². The van der Waals surface area contributed by atoms with Crippen LogP contribution in [0.2, 0.25) is 0 Å². The predicted molar refractivity (Wildman–Crippen MR) is 72.6 cm³/mol. The molecule has 8 heteroatoms. The predicted octanol–water partition coefficient (Wildman–Crippen LogP) is 2.48. The fraction of sp³-hybridized carbons (Fsp3) is 0.182. The van der Waals surface area contributed by atoms with Gasteiger partial charge in [-0.1, -0.05) is 24.0 Å². The number of halogens is 2. The van der Waals surface area contributed by atoms with Gasteiger partial charge < -0.3 is 4.74 Å². The van der Waals surface area contributed by atoms with Gasteiger partial charge in [0.2, 0.25) is 0 Å². The van der Waals surface area contributed by atoms with Crippen molar-refractivity contribution in [2.45, 2.75) is 6.61 Å². The largest absolute Gasteiger partial charge is 0.435 e. The van der Waals surface area contributed by atoms with E-state index in [4.69, 9.17) is 12.2 Å². The van der Waals surface area contributed by atoms with E-state index < -0.39 is 6.61 Å². The Morgan fingerprint density at radius 1 is 1.42 bits per heavy atom. The van der Waals surface area contributed by atoms with E-state index in [1.54, 1.807) is 12.1 Å². The van der Waals surface area contributed by atoms with Crippen LogP contribution in [0.1, 0.15) is 5.56 Å². The Balaban J connectivity index is 2.03. The van der Waals surface area contributed by atoms with Crippen molar-refractivity contribution < 1.29 is 18.3 Å². The van der Waals surface area contributed by atoms with Gasteiger partial charge in [0.1, 0.15) is 5.75 Å². The number of thiocarbonyl (C=S) groups is 1. The molecule has 0 bridgehead atoms. The van der Waals surface area contributed by atoms with Gasteiger partial charge in [0.15, 0.2) is 4.32 Å². The summed E-state index contributed by atoms with van der Waals surface area (Å²) < 4.78 is 28.5. The highest BCUT2D eigenvalue weighted by molar-refractivity contribution is 8.23. The maximum atomic E-state index is 12.0. The number of carbonyl (C=O) groups excluding carboxylic acids is 1. The number of amides is 1. The Hall–Kier alpha value is -1.54. The molecule has 0 spiro atoms. The van der Waals surface area contributed by atoms with Crippen molar-refractivity contribution in [3.63, 3.8) is 0 Å². The standard InChI is InChI=1S/C11H8F2N2O2S2/c12-10(13)17-8-3-1-7(2-4-8)5-14-15-9(16)6-19-11(15)18/h1-5,10H,6H2/b14-5-. The molecule has 1 aromatic carbocycles. The number of alkyl halides is 2. The van der Waals surface area contributed by atoms with Crippen molar-refractivity contribution in [2.24, 2.45) is 5.10 Å². The van der Waals surface area contributed by atoms with Gasteiger partial charge >= 0.3 is 6.61 Å². The Bertz CT molecular complexity index is 504. The van der Waals surface area contributed by atoms with Crippen LogP contribution in [-0.2, 0) is 4.79 Å². The van der Waals surface area contributed by atoms with Crippen molar-refractivity contribution in [3.05, 3.63) is 29.8 Å². The zero-order chi connectivity index (χ0) is 13.8. The highest BCUT2D eigenvalue weighted by atomic mass is 32.2. The molecule has 1 fully saturated rings. The van der Waals surface area contributed by atoms with Crippen LogP contribution < -0.4 is 4.74 Å². The Kier molecular flexibility index (Phi) is 4.43. The summed E-state index contributed by atoms with van der Waals surface area (Å²) in [6, 6.07) is 5.90. The monoisotopic (exact) mass is 302 g/mol. The number of ether oxygens (including phenoxy) is 1. The quantitative estimate of drug-likeness (QED) is 0.633. The lowest BCUT2D eigenvalue weighted by molar-refractivity contribution is -0.124. The minimum atomic E-state index is -2.85. The maximum Gasteiger partial charge on any atom is 0.387 e. The summed E-state index contributed by atoms with van der Waals surface area (Å²) in [6.07, 6.45) is 1.43. The second-order valence-corrected chi connectivity index (χ2v) is 5.06. The van der Waals surface area contributed by atoms with E-state index >= 15 is 0 Å². The summed E-state index contributed by atoms with van der Waals surface area (Å²) in [5.41, 5.74) is 0.647. The molecule has 1 aliphatic rings. The topological polar surface area (TPSA) is 41.9 Å².